The smallest absolute Gasteiger partial charge is 0.222 e. The van der Waals surface area contributed by atoms with Gasteiger partial charge in [0.05, 0.1) is 0 Å². The van der Waals surface area contributed by atoms with Gasteiger partial charge in [0.2, 0.25) is 11.8 Å². The number of hydrogen-bond acceptors (Lipinski definition) is 5. The van der Waals surface area contributed by atoms with Gasteiger partial charge >= 0.3 is 0 Å². The third-order valence-electron chi connectivity index (χ3n) is 4.15. The molecule has 1 aromatic carbocycles. The molecule has 2 heterocycles. The Balaban J connectivity index is 1.47. The number of aromatic nitrogens is 2. The third kappa shape index (κ3) is 3.67. The first kappa shape index (κ1) is 15.5. The Morgan fingerprint density at radius 1 is 1.35 bits per heavy atom. The third-order valence-corrected chi connectivity index (χ3v) is 4.15. The largest absolute Gasteiger partial charge is 0.343 e. The van der Waals surface area contributed by atoms with Crippen LogP contribution < -0.4 is 0 Å². The Bertz CT molecular complexity index is 712. The zero-order valence-electron chi connectivity index (χ0n) is 13.2. The van der Waals surface area contributed by atoms with E-state index in [2.05, 4.69) is 14.9 Å². The second-order valence-electron chi connectivity index (χ2n) is 5.92. The fourth-order valence-corrected chi connectivity index (χ4v) is 2.84. The second kappa shape index (κ2) is 6.76. The molecule has 2 amide bonds. The topological polar surface area (TPSA) is 79.5 Å². The standard InChI is InChI=1S/C16H20N4O3/c1-19(11-12-6-7-13-14(10-12)18-23-17-13)15(21)4-2-8-20-9-3-5-16(20)22/h6-7,10H,2-5,8-9,11H2,1H3. The highest BCUT2D eigenvalue weighted by atomic mass is 16.6. The van der Waals surface area contributed by atoms with Crippen LogP contribution in [-0.4, -0.2) is 52.1 Å². The number of amides is 2. The molecule has 0 radical (unpaired) electrons. The van der Waals surface area contributed by atoms with E-state index < -0.39 is 0 Å². The zero-order valence-corrected chi connectivity index (χ0v) is 13.2. The number of fused-ring (bicyclic) bond motifs is 1. The molecule has 2 aromatic rings. The summed E-state index contributed by atoms with van der Waals surface area (Å²) in [6, 6.07) is 5.62. The van der Waals surface area contributed by atoms with Crippen LogP contribution in [0.25, 0.3) is 11.0 Å². The fraction of sp³-hybridized carbons (Fsp3) is 0.500. The van der Waals surface area contributed by atoms with Gasteiger partial charge in [-0.2, -0.15) is 0 Å². The van der Waals surface area contributed by atoms with Crippen molar-refractivity contribution in [2.45, 2.75) is 32.2 Å². The normalized spacial score (nSPS) is 14.7. The van der Waals surface area contributed by atoms with Gasteiger partial charge in [-0.1, -0.05) is 6.07 Å². The Hall–Kier alpha value is -2.44. The lowest BCUT2D eigenvalue weighted by atomic mass is 10.2. The van der Waals surface area contributed by atoms with Crippen LogP contribution in [0, 0.1) is 0 Å². The van der Waals surface area contributed by atoms with Crippen molar-refractivity contribution in [1.29, 1.82) is 0 Å². The van der Waals surface area contributed by atoms with Crippen molar-refractivity contribution < 1.29 is 14.2 Å². The van der Waals surface area contributed by atoms with Gasteiger partial charge in [-0.3, -0.25) is 9.59 Å². The quantitative estimate of drug-likeness (QED) is 0.808. The molecule has 0 bridgehead atoms. The first-order valence-corrected chi connectivity index (χ1v) is 7.86. The molecule has 1 fully saturated rings. The van der Waals surface area contributed by atoms with E-state index in [1.165, 1.54) is 0 Å². The molecule has 0 saturated carbocycles. The van der Waals surface area contributed by atoms with Gasteiger partial charge in [0.1, 0.15) is 11.0 Å². The van der Waals surface area contributed by atoms with Crippen LogP contribution in [0.1, 0.15) is 31.2 Å². The van der Waals surface area contributed by atoms with E-state index >= 15 is 0 Å². The average Bonchev–Trinajstić information content (AvgIpc) is 3.15. The van der Waals surface area contributed by atoms with Crippen molar-refractivity contribution in [2.24, 2.45) is 0 Å². The van der Waals surface area contributed by atoms with E-state index in [0.29, 0.717) is 43.4 Å². The molecule has 122 valence electrons. The molecular formula is C16H20N4O3. The molecule has 1 aliphatic rings. The number of carbonyl (C=O) groups is 2. The number of rotatable bonds is 6. The maximum Gasteiger partial charge on any atom is 0.222 e. The van der Waals surface area contributed by atoms with E-state index in [1.54, 1.807) is 11.9 Å². The highest BCUT2D eigenvalue weighted by Gasteiger charge is 2.20. The first-order valence-electron chi connectivity index (χ1n) is 7.86. The predicted molar refractivity (Wildman–Crippen MR) is 83.3 cm³/mol. The van der Waals surface area contributed by atoms with Crippen LogP contribution in [-0.2, 0) is 16.1 Å². The number of nitrogens with zero attached hydrogens (tertiary/aromatic N) is 4. The fourth-order valence-electron chi connectivity index (χ4n) is 2.84. The molecule has 7 nitrogen and oxygen atoms in total. The van der Waals surface area contributed by atoms with Gasteiger partial charge in [0, 0.05) is 39.5 Å². The van der Waals surface area contributed by atoms with E-state index in [1.807, 2.05) is 23.1 Å². The van der Waals surface area contributed by atoms with E-state index in [9.17, 15) is 9.59 Å². The van der Waals surface area contributed by atoms with Gasteiger partial charge < -0.3 is 9.80 Å². The Morgan fingerprint density at radius 3 is 2.96 bits per heavy atom. The molecule has 3 rings (SSSR count). The lowest BCUT2D eigenvalue weighted by molar-refractivity contribution is -0.132. The summed E-state index contributed by atoms with van der Waals surface area (Å²) in [5.74, 6) is 0.287. The maximum absolute atomic E-state index is 12.2. The number of benzene rings is 1. The van der Waals surface area contributed by atoms with Crippen molar-refractivity contribution in [2.75, 3.05) is 20.1 Å². The van der Waals surface area contributed by atoms with Crippen LogP contribution >= 0.6 is 0 Å². The minimum Gasteiger partial charge on any atom is -0.343 e. The van der Waals surface area contributed by atoms with Crippen LogP contribution in [0.3, 0.4) is 0 Å². The van der Waals surface area contributed by atoms with Crippen LogP contribution in [0.2, 0.25) is 0 Å². The summed E-state index contributed by atoms with van der Waals surface area (Å²) in [5, 5.41) is 7.56. The summed E-state index contributed by atoms with van der Waals surface area (Å²) < 4.78 is 4.67. The summed E-state index contributed by atoms with van der Waals surface area (Å²) in [7, 11) is 1.79. The number of carbonyl (C=O) groups excluding carboxylic acids is 2. The minimum absolute atomic E-state index is 0.0787. The average molecular weight is 316 g/mol. The Morgan fingerprint density at radius 2 is 2.17 bits per heavy atom. The summed E-state index contributed by atoms with van der Waals surface area (Å²) in [6.07, 6.45) is 2.74. The lowest BCUT2D eigenvalue weighted by Crippen LogP contribution is -2.29. The van der Waals surface area contributed by atoms with Gasteiger partial charge in [0.25, 0.3) is 0 Å². The molecule has 1 aliphatic heterocycles. The molecular weight excluding hydrogens is 296 g/mol. The summed E-state index contributed by atoms with van der Waals surface area (Å²) in [6.45, 7) is 2.02. The van der Waals surface area contributed by atoms with Gasteiger partial charge in [-0.15, -0.1) is 0 Å². The van der Waals surface area contributed by atoms with Crippen molar-refractivity contribution >= 4 is 22.8 Å². The minimum atomic E-state index is 0.0787. The van der Waals surface area contributed by atoms with Crippen LogP contribution in [0.15, 0.2) is 22.8 Å². The number of likely N-dealkylation sites (tertiary alicyclic amines) is 1. The molecule has 7 heteroatoms. The molecule has 0 N–H and O–H groups in total. The number of hydrogen-bond donors (Lipinski definition) is 0. The predicted octanol–water partition coefficient (Wildman–Crippen LogP) is 1.58. The van der Waals surface area contributed by atoms with Gasteiger partial charge in [0.15, 0.2) is 0 Å². The maximum atomic E-state index is 12.2. The summed E-state index contributed by atoms with van der Waals surface area (Å²) in [4.78, 5) is 27.3. The molecule has 1 aromatic heterocycles. The molecule has 0 spiro atoms. The molecule has 0 atom stereocenters. The van der Waals surface area contributed by atoms with Gasteiger partial charge in [-0.25, -0.2) is 4.63 Å². The molecule has 0 aliphatic carbocycles. The first-order chi connectivity index (χ1) is 11.1. The Kier molecular flexibility index (Phi) is 4.55. The Labute approximate surface area is 134 Å². The highest BCUT2D eigenvalue weighted by Crippen LogP contribution is 2.14. The van der Waals surface area contributed by atoms with Crippen LogP contribution in [0.4, 0.5) is 0 Å². The van der Waals surface area contributed by atoms with Crippen LogP contribution in [0.5, 0.6) is 0 Å². The monoisotopic (exact) mass is 316 g/mol. The van der Waals surface area contributed by atoms with Crippen molar-refractivity contribution in [3.63, 3.8) is 0 Å². The lowest BCUT2D eigenvalue weighted by Gasteiger charge is -2.19. The van der Waals surface area contributed by atoms with E-state index in [0.717, 1.165) is 18.5 Å². The SMILES string of the molecule is CN(Cc1ccc2nonc2c1)C(=O)CCCN1CCCC1=O. The summed E-state index contributed by atoms with van der Waals surface area (Å²) in [5.41, 5.74) is 2.38. The highest BCUT2D eigenvalue weighted by molar-refractivity contribution is 5.78. The molecule has 1 saturated heterocycles. The molecule has 0 unspecified atom stereocenters. The van der Waals surface area contributed by atoms with Crippen molar-refractivity contribution in [1.82, 2.24) is 20.1 Å². The van der Waals surface area contributed by atoms with Gasteiger partial charge in [-0.05, 0) is 40.9 Å². The molecule has 23 heavy (non-hydrogen) atoms. The van der Waals surface area contributed by atoms with Crippen molar-refractivity contribution in [3.8, 4) is 0 Å². The second-order valence-corrected chi connectivity index (χ2v) is 5.92. The summed E-state index contributed by atoms with van der Waals surface area (Å²) >= 11 is 0. The van der Waals surface area contributed by atoms with E-state index in [4.69, 9.17) is 0 Å². The van der Waals surface area contributed by atoms with E-state index in [-0.39, 0.29) is 11.8 Å². The van der Waals surface area contributed by atoms with Crippen molar-refractivity contribution in [3.05, 3.63) is 23.8 Å². The zero-order chi connectivity index (χ0) is 16.2.